The van der Waals surface area contributed by atoms with Gasteiger partial charge in [0.05, 0.1) is 40.0 Å². The Kier molecular flexibility index (Phi) is 3.41. The summed E-state index contributed by atoms with van der Waals surface area (Å²) in [5, 5.41) is 0. The second-order valence-corrected chi connectivity index (χ2v) is 5.32. The first-order valence-corrected chi connectivity index (χ1v) is 6.29. The van der Waals surface area contributed by atoms with Crippen molar-refractivity contribution in [3.8, 4) is 0 Å². The van der Waals surface area contributed by atoms with Crippen LogP contribution in [0.3, 0.4) is 0 Å². The van der Waals surface area contributed by atoms with Crippen molar-refractivity contribution in [2.24, 2.45) is 0 Å². The molecule has 76 valence electrons. The normalized spacial score (nSPS) is 45.7. The lowest BCUT2D eigenvalue weighted by Gasteiger charge is -2.56. The molecular formula is C8H17IN4. The number of nitrogens with zero attached hydrogens (tertiary/aromatic N) is 4. The second-order valence-electron chi connectivity index (χ2n) is 3.80. The molecule has 0 aliphatic carbocycles. The van der Waals surface area contributed by atoms with Gasteiger partial charge in [0, 0.05) is 0 Å². The summed E-state index contributed by atoms with van der Waals surface area (Å²) in [6.07, 6.45) is 0. The number of alkyl halides is 1. The molecule has 0 aromatic heterocycles. The molecular weight excluding hydrogens is 279 g/mol. The topological polar surface area (TPSA) is 13.0 Å². The maximum absolute atomic E-state index is 2.47. The minimum absolute atomic E-state index is 1.19. The number of hydrogen-bond donors (Lipinski definition) is 0. The van der Waals surface area contributed by atoms with Crippen LogP contribution in [0.25, 0.3) is 0 Å². The third kappa shape index (κ3) is 2.33. The van der Waals surface area contributed by atoms with Gasteiger partial charge in [-0.05, 0) is 4.43 Å². The van der Waals surface area contributed by atoms with Crippen molar-refractivity contribution in [3.05, 3.63) is 0 Å². The molecule has 13 heavy (non-hydrogen) atoms. The molecule has 5 heteroatoms. The van der Waals surface area contributed by atoms with Crippen molar-refractivity contribution >= 4 is 22.6 Å². The van der Waals surface area contributed by atoms with Gasteiger partial charge in [-0.3, -0.25) is 19.6 Å². The highest BCUT2D eigenvalue weighted by Crippen LogP contribution is 2.20. The number of rotatable bonds is 0. The molecule has 0 radical (unpaired) electrons. The Bertz CT molecular complexity index is 119. The highest BCUT2D eigenvalue weighted by Gasteiger charge is 2.36. The highest BCUT2D eigenvalue weighted by atomic mass is 127. The molecule has 0 N–H and O–H groups in total. The third-order valence-electron chi connectivity index (χ3n) is 2.40. The van der Waals surface area contributed by atoms with E-state index in [1.54, 1.807) is 0 Å². The van der Waals surface area contributed by atoms with Gasteiger partial charge in [0.25, 0.3) is 0 Å². The molecule has 0 saturated carbocycles. The Morgan fingerprint density at radius 2 is 0.923 bits per heavy atom. The Morgan fingerprint density at radius 1 is 0.769 bits per heavy atom. The van der Waals surface area contributed by atoms with Crippen molar-refractivity contribution in [1.82, 2.24) is 19.6 Å². The van der Waals surface area contributed by atoms with E-state index in [2.05, 4.69) is 49.1 Å². The van der Waals surface area contributed by atoms with Crippen LogP contribution in [0, 0.1) is 0 Å². The number of halogens is 1. The van der Waals surface area contributed by atoms with E-state index >= 15 is 0 Å². The molecule has 4 bridgehead atoms. The van der Waals surface area contributed by atoms with Gasteiger partial charge >= 0.3 is 0 Å². The van der Waals surface area contributed by atoms with Crippen LogP contribution in [0.1, 0.15) is 6.92 Å². The van der Waals surface area contributed by atoms with Gasteiger partial charge in [-0.25, -0.2) is 0 Å². The Balaban J connectivity index is 0.000000196. The van der Waals surface area contributed by atoms with E-state index < -0.39 is 0 Å². The monoisotopic (exact) mass is 296 g/mol. The van der Waals surface area contributed by atoms with Gasteiger partial charge in [0.2, 0.25) is 0 Å². The summed E-state index contributed by atoms with van der Waals surface area (Å²) in [6.45, 7) is 9.24. The fourth-order valence-corrected chi connectivity index (χ4v) is 2.23. The van der Waals surface area contributed by atoms with E-state index in [4.69, 9.17) is 0 Å². The highest BCUT2D eigenvalue weighted by molar-refractivity contribution is 14.1. The fourth-order valence-electron chi connectivity index (χ4n) is 2.23. The van der Waals surface area contributed by atoms with Crippen LogP contribution in [0.4, 0.5) is 0 Å². The summed E-state index contributed by atoms with van der Waals surface area (Å²) in [4.78, 5) is 9.88. The maximum atomic E-state index is 2.47. The van der Waals surface area contributed by atoms with Crippen LogP contribution >= 0.6 is 22.6 Å². The third-order valence-corrected chi connectivity index (χ3v) is 2.40. The van der Waals surface area contributed by atoms with Gasteiger partial charge < -0.3 is 0 Å². The van der Waals surface area contributed by atoms with E-state index in [0.717, 1.165) is 0 Å². The summed E-state index contributed by atoms with van der Waals surface area (Å²) in [5.74, 6) is 0. The molecule has 4 fully saturated rings. The molecule has 0 unspecified atom stereocenters. The van der Waals surface area contributed by atoms with Gasteiger partial charge in [-0.2, -0.15) is 0 Å². The van der Waals surface area contributed by atoms with Crippen molar-refractivity contribution < 1.29 is 0 Å². The van der Waals surface area contributed by atoms with Crippen molar-refractivity contribution in [3.63, 3.8) is 0 Å². The zero-order valence-electron chi connectivity index (χ0n) is 8.12. The van der Waals surface area contributed by atoms with E-state index in [-0.39, 0.29) is 0 Å². The summed E-state index contributed by atoms with van der Waals surface area (Å²) in [5.41, 5.74) is 0. The van der Waals surface area contributed by atoms with Crippen molar-refractivity contribution in [1.29, 1.82) is 0 Å². The van der Waals surface area contributed by atoms with Gasteiger partial charge in [-0.15, -0.1) is 0 Å². The van der Waals surface area contributed by atoms with Crippen LogP contribution in [0.15, 0.2) is 0 Å². The lowest BCUT2D eigenvalue weighted by Crippen LogP contribution is -2.71. The van der Waals surface area contributed by atoms with E-state index in [1.165, 1.54) is 44.4 Å². The Hall–Kier alpha value is 0.570. The first-order valence-electron chi connectivity index (χ1n) is 4.77. The van der Waals surface area contributed by atoms with Gasteiger partial charge in [0.15, 0.2) is 0 Å². The minimum atomic E-state index is 1.19. The summed E-state index contributed by atoms with van der Waals surface area (Å²) in [7, 11) is 0. The lowest BCUT2D eigenvalue weighted by molar-refractivity contribution is -0.194. The largest absolute Gasteiger partial charge is 0.264 e. The van der Waals surface area contributed by atoms with Crippen LogP contribution < -0.4 is 0 Å². The van der Waals surface area contributed by atoms with E-state index in [0.29, 0.717) is 0 Å². The standard InChI is InChI=1S/C6H12N4.C2H5I/c1-7-2-9-4-8(1)5-10(3-7)6-9;1-2-3/h1-6H2;2H2,1H3. The molecule has 4 nitrogen and oxygen atoms in total. The molecule has 4 aliphatic rings. The average Bonchev–Trinajstić information content (AvgIpc) is 2.01. The molecule has 0 atom stereocenters. The first-order chi connectivity index (χ1) is 6.31. The van der Waals surface area contributed by atoms with Gasteiger partial charge in [0.1, 0.15) is 0 Å². The number of hydrogen-bond acceptors (Lipinski definition) is 4. The SMILES string of the molecule is C1N2CN3CN1CN(C2)C3.CCI. The summed E-state index contributed by atoms with van der Waals surface area (Å²) >= 11 is 2.29. The maximum Gasteiger partial charge on any atom is 0.0555 e. The molecule has 0 aromatic rings. The first kappa shape index (κ1) is 10.1. The van der Waals surface area contributed by atoms with Crippen molar-refractivity contribution in [2.75, 3.05) is 44.4 Å². The Morgan fingerprint density at radius 3 is 1.08 bits per heavy atom. The molecule has 0 amide bonds. The smallest absolute Gasteiger partial charge is 0.0555 e. The zero-order chi connectivity index (χ0) is 9.26. The van der Waals surface area contributed by atoms with Crippen LogP contribution in [0.2, 0.25) is 0 Å². The van der Waals surface area contributed by atoms with E-state index in [1.807, 2.05) is 0 Å². The predicted molar refractivity (Wildman–Crippen MR) is 61.1 cm³/mol. The molecule has 4 aliphatic heterocycles. The Labute approximate surface area is 93.6 Å². The van der Waals surface area contributed by atoms with Crippen LogP contribution in [0.5, 0.6) is 0 Å². The minimum Gasteiger partial charge on any atom is -0.264 e. The van der Waals surface area contributed by atoms with Crippen LogP contribution in [-0.2, 0) is 0 Å². The predicted octanol–water partition coefficient (Wildman–Crippen LogP) is 0.421. The molecule has 4 heterocycles. The molecule has 0 spiro atoms. The summed E-state index contributed by atoms with van der Waals surface area (Å²) in [6, 6.07) is 0. The van der Waals surface area contributed by atoms with Crippen molar-refractivity contribution in [2.45, 2.75) is 6.92 Å². The molecule has 4 rings (SSSR count). The van der Waals surface area contributed by atoms with Gasteiger partial charge in [-0.1, -0.05) is 29.5 Å². The lowest BCUT2D eigenvalue weighted by atomic mass is 10.4. The molecule has 0 aromatic carbocycles. The fraction of sp³-hybridized carbons (Fsp3) is 1.00. The summed E-state index contributed by atoms with van der Waals surface area (Å²) < 4.78 is 1.22. The molecule has 4 saturated heterocycles. The quantitative estimate of drug-likeness (QED) is 0.474. The van der Waals surface area contributed by atoms with Crippen LogP contribution in [-0.4, -0.2) is 64.0 Å². The second kappa shape index (κ2) is 4.39. The zero-order valence-corrected chi connectivity index (χ0v) is 10.3. The van der Waals surface area contributed by atoms with E-state index in [9.17, 15) is 0 Å². The average molecular weight is 296 g/mol.